The molecule has 0 aliphatic carbocycles. The summed E-state index contributed by atoms with van der Waals surface area (Å²) in [5.74, 6) is -0.609. The van der Waals surface area contributed by atoms with Crippen molar-refractivity contribution in [2.24, 2.45) is 0 Å². The first kappa shape index (κ1) is 13.8. The van der Waals surface area contributed by atoms with Gasteiger partial charge in [-0.2, -0.15) is 0 Å². The minimum absolute atomic E-state index is 0.212. The normalized spacial score (nSPS) is 11.3. The molecule has 1 N–H and O–H groups in total. The molecule has 2 rings (SSSR count). The summed E-state index contributed by atoms with van der Waals surface area (Å²) < 4.78 is 39.0. The van der Waals surface area contributed by atoms with Gasteiger partial charge >= 0.3 is 0 Å². The minimum atomic E-state index is -3.53. The smallest absolute Gasteiger partial charge is 0.236 e. The largest absolute Gasteiger partial charge is 0.283 e. The highest BCUT2D eigenvalue weighted by atomic mass is 35.5. The SMILES string of the molecule is O=S(=O)(Cc1ccc(F)cc1)Nc1ccc(Cl)cc1. The fourth-order valence-corrected chi connectivity index (χ4v) is 2.86. The van der Waals surface area contributed by atoms with Crippen molar-refractivity contribution in [3.8, 4) is 0 Å². The molecule has 6 heteroatoms. The summed E-state index contributed by atoms with van der Waals surface area (Å²) in [7, 11) is -3.53. The Bertz CT molecular complexity index is 601. The van der Waals surface area contributed by atoms with Crippen LogP contribution < -0.4 is 4.72 Å². The molecule has 0 bridgehead atoms. The first-order valence-electron chi connectivity index (χ1n) is 5.45. The molecule has 100 valence electrons. The van der Waals surface area contributed by atoms with E-state index < -0.39 is 15.8 Å². The zero-order valence-corrected chi connectivity index (χ0v) is 11.4. The van der Waals surface area contributed by atoms with Crippen LogP contribution >= 0.6 is 11.6 Å². The predicted octanol–water partition coefficient (Wildman–Crippen LogP) is 3.42. The van der Waals surface area contributed by atoms with Crippen LogP contribution in [0.25, 0.3) is 0 Å². The molecule has 0 saturated heterocycles. The van der Waals surface area contributed by atoms with E-state index in [-0.39, 0.29) is 5.75 Å². The molecule has 0 spiro atoms. The van der Waals surface area contributed by atoms with Gasteiger partial charge in [0, 0.05) is 10.7 Å². The van der Waals surface area contributed by atoms with E-state index >= 15 is 0 Å². The molecule has 0 amide bonds. The van der Waals surface area contributed by atoms with Crippen LogP contribution in [0.15, 0.2) is 48.5 Å². The maximum Gasteiger partial charge on any atom is 0.236 e. The molecule has 2 aromatic rings. The second-order valence-electron chi connectivity index (χ2n) is 3.99. The maximum atomic E-state index is 12.7. The van der Waals surface area contributed by atoms with Crippen molar-refractivity contribution >= 4 is 27.3 Å². The highest BCUT2D eigenvalue weighted by Crippen LogP contribution is 2.16. The predicted molar refractivity (Wildman–Crippen MR) is 74.1 cm³/mol. The van der Waals surface area contributed by atoms with E-state index in [0.29, 0.717) is 16.3 Å². The van der Waals surface area contributed by atoms with Crippen LogP contribution in [0.1, 0.15) is 5.56 Å². The summed E-state index contributed by atoms with van der Waals surface area (Å²) >= 11 is 5.71. The van der Waals surface area contributed by atoms with Crippen LogP contribution in [0.2, 0.25) is 5.02 Å². The summed E-state index contributed by atoms with van der Waals surface area (Å²) in [4.78, 5) is 0. The molecule has 0 radical (unpaired) electrons. The van der Waals surface area contributed by atoms with Crippen LogP contribution in [-0.4, -0.2) is 8.42 Å². The van der Waals surface area contributed by atoms with Crippen LogP contribution in [-0.2, 0) is 15.8 Å². The molecule has 0 saturated carbocycles. The van der Waals surface area contributed by atoms with Crippen LogP contribution in [0.4, 0.5) is 10.1 Å². The monoisotopic (exact) mass is 299 g/mol. The summed E-state index contributed by atoms with van der Waals surface area (Å²) in [5.41, 5.74) is 0.953. The number of nitrogens with one attached hydrogen (secondary N) is 1. The molecule has 0 aliphatic rings. The summed E-state index contributed by atoms with van der Waals surface area (Å²) in [6.07, 6.45) is 0. The first-order chi connectivity index (χ1) is 8.94. The minimum Gasteiger partial charge on any atom is -0.283 e. The van der Waals surface area contributed by atoms with Gasteiger partial charge in [-0.3, -0.25) is 4.72 Å². The number of benzene rings is 2. The Hall–Kier alpha value is -1.59. The van der Waals surface area contributed by atoms with Gasteiger partial charge in [0.05, 0.1) is 5.75 Å². The van der Waals surface area contributed by atoms with Crippen LogP contribution in [0.5, 0.6) is 0 Å². The standard InChI is InChI=1S/C13H11ClFNO2S/c14-11-3-7-13(8-4-11)16-19(17,18)9-10-1-5-12(15)6-2-10/h1-8,16H,9H2. The van der Waals surface area contributed by atoms with Gasteiger partial charge in [0.25, 0.3) is 0 Å². The maximum absolute atomic E-state index is 12.7. The van der Waals surface area contributed by atoms with Crippen LogP contribution in [0, 0.1) is 5.82 Å². The van der Waals surface area contributed by atoms with E-state index in [4.69, 9.17) is 11.6 Å². The first-order valence-corrected chi connectivity index (χ1v) is 7.48. The van der Waals surface area contributed by atoms with Gasteiger partial charge in [0.15, 0.2) is 0 Å². The number of hydrogen-bond donors (Lipinski definition) is 1. The lowest BCUT2D eigenvalue weighted by atomic mass is 10.2. The molecule has 0 heterocycles. The van der Waals surface area contributed by atoms with Gasteiger partial charge in [-0.1, -0.05) is 23.7 Å². The Morgan fingerprint density at radius 2 is 1.58 bits per heavy atom. The van der Waals surface area contributed by atoms with Crippen LogP contribution in [0.3, 0.4) is 0 Å². The van der Waals surface area contributed by atoms with E-state index in [9.17, 15) is 12.8 Å². The molecule has 0 aliphatic heterocycles. The van der Waals surface area contributed by atoms with Gasteiger partial charge in [-0.05, 0) is 42.0 Å². The third-order valence-electron chi connectivity index (χ3n) is 2.39. The second kappa shape index (κ2) is 5.59. The number of hydrogen-bond acceptors (Lipinski definition) is 2. The number of sulfonamides is 1. The van der Waals surface area contributed by atoms with Crippen molar-refractivity contribution in [1.29, 1.82) is 0 Å². The summed E-state index contributed by atoms with van der Waals surface area (Å²) in [5, 5.41) is 0.529. The topological polar surface area (TPSA) is 46.2 Å². The molecule has 0 aromatic heterocycles. The van der Waals surface area contributed by atoms with E-state index in [1.807, 2.05) is 0 Å². The fraction of sp³-hybridized carbons (Fsp3) is 0.0769. The highest BCUT2D eigenvalue weighted by Gasteiger charge is 2.11. The van der Waals surface area contributed by atoms with E-state index in [2.05, 4.69) is 4.72 Å². The third-order valence-corrected chi connectivity index (χ3v) is 3.90. The lowest BCUT2D eigenvalue weighted by molar-refractivity contribution is 0.600. The third kappa shape index (κ3) is 4.22. The summed E-state index contributed by atoms with van der Waals surface area (Å²) in [6, 6.07) is 11.7. The zero-order chi connectivity index (χ0) is 13.9. The number of halogens is 2. The van der Waals surface area contributed by atoms with Crippen molar-refractivity contribution < 1.29 is 12.8 Å². The quantitative estimate of drug-likeness (QED) is 0.940. The molecule has 0 unspecified atom stereocenters. The Labute approximate surface area is 116 Å². The number of anilines is 1. The second-order valence-corrected chi connectivity index (χ2v) is 6.15. The van der Waals surface area contributed by atoms with E-state index in [1.54, 1.807) is 24.3 Å². The van der Waals surface area contributed by atoms with E-state index in [1.165, 1.54) is 24.3 Å². The van der Waals surface area contributed by atoms with Gasteiger partial charge in [-0.15, -0.1) is 0 Å². The molecule has 3 nitrogen and oxygen atoms in total. The van der Waals surface area contributed by atoms with Gasteiger partial charge < -0.3 is 0 Å². The van der Waals surface area contributed by atoms with Crippen molar-refractivity contribution in [1.82, 2.24) is 0 Å². The molecule has 2 aromatic carbocycles. The van der Waals surface area contributed by atoms with Crippen molar-refractivity contribution in [2.75, 3.05) is 4.72 Å². The number of rotatable bonds is 4. The van der Waals surface area contributed by atoms with Crippen molar-refractivity contribution in [3.05, 3.63) is 64.9 Å². The Morgan fingerprint density at radius 1 is 1.00 bits per heavy atom. The zero-order valence-electron chi connectivity index (χ0n) is 9.81. The molecule has 0 atom stereocenters. The van der Waals surface area contributed by atoms with E-state index in [0.717, 1.165) is 0 Å². The lowest BCUT2D eigenvalue weighted by Crippen LogP contribution is -2.14. The molecular weight excluding hydrogens is 289 g/mol. The Balaban J connectivity index is 2.10. The van der Waals surface area contributed by atoms with Gasteiger partial charge in [0.2, 0.25) is 10.0 Å². The lowest BCUT2D eigenvalue weighted by Gasteiger charge is -2.08. The molecule has 19 heavy (non-hydrogen) atoms. The average molecular weight is 300 g/mol. The van der Waals surface area contributed by atoms with Gasteiger partial charge in [0.1, 0.15) is 5.82 Å². The van der Waals surface area contributed by atoms with Crippen molar-refractivity contribution in [2.45, 2.75) is 5.75 Å². The Kier molecular flexibility index (Phi) is 4.07. The average Bonchev–Trinajstić information content (AvgIpc) is 2.34. The molecule has 0 fully saturated rings. The van der Waals surface area contributed by atoms with Crippen molar-refractivity contribution in [3.63, 3.8) is 0 Å². The Morgan fingerprint density at radius 3 is 2.16 bits per heavy atom. The summed E-state index contributed by atoms with van der Waals surface area (Å²) in [6.45, 7) is 0. The molecular formula is C13H11ClFNO2S. The fourth-order valence-electron chi connectivity index (χ4n) is 1.53. The highest BCUT2D eigenvalue weighted by molar-refractivity contribution is 7.91. The van der Waals surface area contributed by atoms with Gasteiger partial charge in [-0.25, -0.2) is 12.8 Å².